The molecule has 54 valence electrons. The smallest absolute Gasteiger partial charge is 0.481 e. The molecule has 5 nitrogen and oxygen atoms in total. The molecule has 0 spiro atoms. The predicted octanol–water partition coefficient (Wildman–Crippen LogP) is 0.109. The Bertz CT molecular complexity index is 96.4. The fourth-order valence-corrected chi connectivity index (χ4v) is 0. The molecule has 0 rings (SSSR count). The summed E-state index contributed by atoms with van der Waals surface area (Å²) in [6.45, 7) is 1.60. The van der Waals surface area contributed by atoms with Crippen LogP contribution in [0.5, 0.6) is 0 Å². The van der Waals surface area contributed by atoms with Crippen molar-refractivity contribution >= 4 is 14.2 Å². The standard InChI is InChI=1S/C3H6O2.HO3P/c1-2-3(4)5;1-4(2)3/h2H2,1H3,(H,4,5);(H-,1,2,3)/p+1. The van der Waals surface area contributed by atoms with Gasteiger partial charge < -0.3 is 5.11 Å². The fourth-order valence-electron chi connectivity index (χ4n) is 0. The van der Waals surface area contributed by atoms with Crippen molar-refractivity contribution in [3.63, 3.8) is 0 Å². The van der Waals surface area contributed by atoms with Gasteiger partial charge in [-0.25, -0.2) is 0 Å². The van der Waals surface area contributed by atoms with E-state index in [1.807, 2.05) is 0 Å². The predicted molar refractivity (Wildman–Crippen MR) is 30.0 cm³/mol. The SMILES string of the molecule is CCC(=O)O.O=[P+](O)O. The highest BCUT2D eigenvalue weighted by Crippen LogP contribution is 1.98. The van der Waals surface area contributed by atoms with Crippen LogP contribution in [-0.4, -0.2) is 20.9 Å². The minimum Gasteiger partial charge on any atom is -0.481 e. The van der Waals surface area contributed by atoms with Crippen LogP contribution in [0.25, 0.3) is 0 Å². The lowest BCUT2D eigenvalue weighted by Gasteiger charge is -1.71. The minimum atomic E-state index is -2.87. The van der Waals surface area contributed by atoms with Crippen LogP contribution in [0, 0.1) is 0 Å². The summed E-state index contributed by atoms with van der Waals surface area (Å²) in [4.78, 5) is 23.6. The second-order valence-corrected chi connectivity index (χ2v) is 1.51. The molecule has 0 saturated heterocycles. The van der Waals surface area contributed by atoms with Gasteiger partial charge in [0.2, 0.25) is 0 Å². The Morgan fingerprint density at radius 2 is 1.67 bits per heavy atom. The number of carboxylic acid groups (broad SMARTS) is 1. The highest BCUT2D eigenvalue weighted by molar-refractivity contribution is 7.30. The van der Waals surface area contributed by atoms with Crippen molar-refractivity contribution in [2.75, 3.05) is 0 Å². The normalized spacial score (nSPS) is 7.00. The van der Waals surface area contributed by atoms with Gasteiger partial charge in [-0.2, -0.15) is 0 Å². The van der Waals surface area contributed by atoms with Crippen LogP contribution in [0.1, 0.15) is 13.3 Å². The van der Waals surface area contributed by atoms with E-state index in [0.29, 0.717) is 0 Å². The van der Waals surface area contributed by atoms with E-state index in [2.05, 4.69) is 0 Å². The Balaban J connectivity index is 0. The van der Waals surface area contributed by atoms with Crippen molar-refractivity contribution in [1.29, 1.82) is 0 Å². The molecule has 0 saturated carbocycles. The van der Waals surface area contributed by atoms with Gasteiger partial charge in [0.15, 0.2) is 0 Å². The average Bonchev–Trinajstić information content (AvgIpc) is 1.65. The van der Waals surface area contributed by atoms with Crippen LogP contribution in [0.4, 0.5) is 0 Å². The first-order chi connectivity index (χ1) is 4.00. The van der Waals surface area contributed by atoms with E-state index in [0.717, 1.165) is 0 Å². The molecule has 0 unspecified atom stereocenters. The van der Waals surface area contributed by atoms with Crippen LogP contribution in [0.2, 0.25) is 0 Å². The third kappa shape index (κ3) is 102. The van der Waals surface area contributed by atoms with Gasteiger partial charge in [0.1, 0.15) is 0 Å². The fraction of sp³-hybridized carbons (Fsp3) is 0.667. The lowest BCUT2D eigenvalue weighted by atomic mass is 10.5. The molecule has 9 heavy (non-hydrogen) atoms. The largest absolute Gasteiger partial charge is 0.692 e. The molecule has 0 bridgehead atoms. The van der Waals surface area contributed by atoms with Crippen molar-refractivity contribution < 1.29 is 24.3 Å². The Morgan fingerprint density at radius 3 is 1.67 bits per heavy atom. The lowest BCUT2D eigenvalue weighted by molar-refractivity contribution is -0.136. The first-order valence-corrected chi connectivity index (χ1v) is 3.24. The Morgan fingerprint density at radius 1 is 1.56 bits per heavy atom. The molecule has 0 heterocycles. The molecule has 0 fully saturated rings. The molecule has 3 N–H and O–H groups in total. The number of rotatable bonds is 1. The van der Waals surface area contributed by atoms with Gasteiger partial charge in [-0.3, -0.25) is 4.79 Å². The third-order valence-corrected chi connectivity index (χ3v) is 0.302. The molecule has 0 aromatic heterocycles. The minimum absolute atomic E-state index is 0.222. The van der Waals surface area contributed by atoms with Crippen molar-refractivity contribution in [2.45, 2.75) is 13.3 Å². The molecular weight excluding hydrogens is 147 g/mol. The first-order valence-electron chi connectivity index (χ1n) is 2.07. The number of aliphatic carboxylic acids is 1. The van der Waals surface area contributed by atoms with E-state index in [1.54, 1.807) is 6.92 Å². The zero-order valence-corrected chi connectivity index (χ0v) is 5.71. The molecular formula is C3H8O5P+. The Labute approximate surface area is 52.9 Å². The summed E-state index contributed by atoms with van der Waals surface area (Å²) in [5, 5.41) is 7.72. The van der Waals surface area contributed by atoms with E-state index in [-0.39, 0.29) is 6.42 Å². The summed E-state index contributed by atoms with van der Waals surface area (Å²) in [5.41, 5.74) is 0. The maximum Gasteiger partial charge on any atom is 0.692 e. The summed E-state index contributed by atoms with van der Waals surface area (Å²) in [6, 6.07) is 0. The van der Waals surface area contributed by atoms with Crippen molar-refractivity contribution in [3.8, 4) is 0 Å². The molecule has 0 amide bonds. The van der Waals surface area contributed by atoms with Gasteiger partial charge in [0.05, 0.1) is 0 Å². The number of hydrogen-bond donors (Lipinski definition) is 3. The summed E-state index contributed by atoms with van der Waals surface area (Å²) >= 11 is 0. The van der Waals surface area contributed by atoms with Crippen LogP contribution in [0.3, 0.4) is 0 Å². The molecule has 6 heteroatoms. The highest BCUT2D eigenvalue weighted by Gasteiger charge is 1.93. The highest BCUT2D eigenvalue weighted by atomic mass is 31.1. The monoisotopic (exact) mass is 155 g/mol. The van der Waals surface area contributed by atoms with Crippen molar-refractivity contribution in [2.24, 2.45) is 0 Å². The Kier molecular flexibility index (Phi) is 9.41. The van der Waals surface area contributed by atoms with Gasteiger partial charge in [-0.1, -0.05) is 6.92 Å². The van der Waals surface area contributed by atoms with Crippen LogP contribution < -0.4 is 0 Å². The molecule has 0 atom stereocenters. The summed E-state index contributed by atoms with van der Waals surface area (Å²) in [5.74, 6) is -0.745. The third-order valence-electron chi connectivity index (χ3n) is 0.302. The number of carboxylic acids is 1. The second-order valence-electron chi connectivity index (χ2n) is 1.00. The number of hydrogen-bond acceptors (Lipinski definition) is 2. The first kappa shape index (κ1) is 11.3. The summed E-state index contributed by atoms with van der Waals surface area (Å²) < 4.78 is 8.70. The topological polar surface area (TPSA) is 94.8 Å². The quantitative estimate of drug-likeness (QED) is 0.467. The second kappa shape index (κ2) is 7.49. The van der Waals surface area contributed by atoms with Gasteiger partial charge in [-0.15, -0.1) is 9.79 Å². The molecule has 0 aliphatic heterocycles. The van der Waals surface area contributed by atoms with Gasteiger partial charge in [-0.05, 0) is 0 Å². The Hall–Kier alpha value is -0.510. The number of carbonyl (C=O) groups is 1. The van der Waals surface area contributed by atoms with Gasteiger partial charge in [0.25, 0.3) is 0 Å². The zero-order valence-electron chi connectivity index (χ0n) is 4.81. The molecule has 0 radical (unpaired) electrons. The van der Waals surface area contributed by atoms with Crippen LogP contribution in [0.15, 0.2) is 0 Å². The summed E-state index contributed by atoms with van der Waals surface area (Å²) in [6.07, 6.45) is 0.222. The van der Waals surface area contributed by atoms with Crippen LogP contribution >= 0.6 is 8.25 Å². The average molecular weight is 155 g/mol. The molecule has 0 aromatic carbocycles. The maximum absolute atomic E-state index is 9.37. The molecule has 0 aromatic rings. The van der Waals surface area contributed by atoms with E-state index in [9.17, 15) is 4.79 Å². The van der Waals surface area contributed by atoms with Gasteiger partial charge in [0, 0.05) is 11.0 Å². The van der Waals surface area contributed by atoms with E-state index >= 15 is 0 Å². The molecule has 0 aliphatic rings. The van der Waals surface area contributed by atoms with Gasteiger partial charge >= 0.3 is 14.2 Å². The lowest BCUT2D eigenvalue weighted by Crippen LogP contribution is -1.86. The zero-order chi connectivity index (χ0) is 7.86. The van der Waals surface area contributed by atoms with Crippen LogP contribution in [-0.2, 0) is 9.36 Å². The molecule has 0 aliphatic carbocycles. The summed E-state index contributed by atoms with van der Waals surface area (Å²) in [7, 11) is -2.87. The van der Waals surface area contributed by atoms with E-state index < -0.39 is 14.2 Å². The van der Waals surface area contributed by atoms with E-state index in [1.165, 1.54) is 0 Å². The maximum atomic E-state index is 9.37. The van der Waals surface area contributed by atoms with E-state index in [4.69, 9.17) is 19.5 Å². The van der Waals surface area contributed by atoms with Crippen molar-refractivity contribution in [3.05, 3.63) is 0 Å². The van der Waals surface area contributed by atoms with Crippen molar-refractivity contribution in [1.82, 2.24) is 0 Å².